The summed E-state index contributed by atoms with van der Waals surface area (Å²) in [4.78, 5) is 4.32. The molecule has 1 rings (SSSR count). The van der Waals surface area contributed by atoms with E-state index in [9.17, 15) is 0 Å². The van der Waals surface area contributed by atoms with Gasteiger partial charge in [-0.25, -0.2) is 0 Å². The third kappa shape index (κ3) is 7.53. The van der Waals surface area contributed by atoms with Crippen molar-refractivity contribution < 1.29 is 0 Å². The zero-order valence-electron chi connectivity index (χ0n) is 11.7. The lowest BCUT2D eigenvalue weighted by atomic mass is 10.1. The highest BCUT2D eigenvalue weighted by Gasteiger charge is 2.09. The first kappa shape index (κ1) is 17.2. The number of hydrogen-bond donors (Lipinski definition) is 2. The highest BCUT2D eigenvalue weighted by molar-refractivity contribution is 14.0. The Morgan fingerprint density at radius 2 is 2.00 bits per heavy atom. The molecule has 0 unspecified atom stereocenters. The van der Waals surface area contributed by atoms with Crippen LogP contribution in [0.25, 0.3) is 0 Å². The van der Waals surface area contributed by atoms with E-state index in [0.717, 1.165) is 13.0 Å². The summed E-state index contributed by atoms with van der Waals surface area (Å²) in [6.07, 6.45) is 0.925. The van der Waals surface area contributed by atoms with Gasteiger partial charge in [0.1, 0.15) is 0 Å². The van der Waals surface area contributed by atoms with Gasteiger partial charge in [-0.3, -0.25) is 4.99 Å². The molecule has 0 aromatic heterocycles. The van der Waals surface area contributed by atoms with Crippen molar-refractivity contribution in [3.8, 4) is 0 Å². The molecule has 0 amide bonds. The van der Waals surface area contributed by atoms with Crippen molar-refractivity contribution in [1.29, 1.82) is 0 Å². The molecule has 1 aromatic carbocycles. The Labute approximate surface area is 127 Å². The van der Waals surface area contributed by atoms with E-state index < -0.39 is 0 Å². The maximum Gasteiger partial charge on any atom is 0.188 e. The minimum absolute atomic E-state index is 0. The number of guanidine groups is 1. The molecule has 0 saturated heterocycles. The Morgan fingerprint density at radius 1 is 1.33 bits per heavy atom. The molecule has 0 saturated carbocycles. The van der Waals surface area contributed by atoms with Gasteiger partial charge in [0.05, 0.1) is 0 Å². The van der Waals surface area contributed by atoms with Crippen LogP contribution in [0.3, 0.4) is 0 Å². The molecule has 0 aliphatic heterocycles. The van der Waals surface area contributed by atoms with Crippen LogP contribution in [0.5, 0.6) is 0 Å². The van der Waals surface area contributed by atoms with Gasteiger partial charge in [0.25, 0.3) is 0 Å². The van der Waals surface area contributed by atoms with Crippen molar-refractivity contribution in [3.05, 3.63) is 35.4 Å². The molecule has 0 fully saturated rings. The van der Waals surface area contributed by atoms with Gasteiger partial charge in [-0.15, -0.1) is 24.0 Å². The number of nitrogens with zero attached hydrogens (tertiary/aromatic N) is 1. The van der Waals surface area contributed by atoms with E-state index >= 15 is 0 Å². The van der Waals surface area contributed by atoms with Crippen LogP contribution in [-0.2, 0) is 6.42 Å². The number of halogens is 1. The standard InChI is InChI=1S/C14H23N3.HI/c1-11-6-5-7-12(10-11)8-9-16-13(15)17-14(2,3)4;/h5-7,10H,8-9H2,1-4H3,(H3,15,16,17);1H. The highest BCUT2D eigenvalue weighted by Crippen LogP contribution is 2.04. The first-order valence-electron chi connectivity index (χ1n) is 6.00. The predicted octanol–water partition coefficient (Wildman–Crippen LogP) is 2.86. The summed E-state index contributed by atoms with van der Waals surface area (Å²) in [5.41, 5.74) is 8.35. The van der Waals surface area contributed by atoms with E-state index in [1.807, 2.05) is 0 Å². The second kappa shape index (κ2) is 7.61. The first-order valence-corrected chi connectivity index (χ1v) is 6.00. The number of nitrogens with two attached hydrogens (primary N) is 1. The Balaban J connectivity index is 0.00000289. The molecule has 3 N–H and O–H groups in total. The minimum atomic E-state index is -0.0308. The molecular weight excluding hydrogens is 337 g/mol. The lowest BCUT2D eigenvalue weighted by Gasteiger charge is -2.20. The van der Waals surface area contributed by atoms with Crippen molar-refractivity contribution in [2.75, 3.05) is 6.54 Å². The summed E-state index contributed by atoms with van der Waals surface area (Å²) < 4.78 is 0. The average Bonchev–Trinajstić information content (AvgIpc) is 2.14. The summed E-state index contributed by atoms with van der Waals surface area (Å²) >= 11 is 0. The van der Waals surface area contributed by atoms with Gasteiger partial charge in [-0.05, 0) is 39.7 Å². The van der Waals surface area contributed by atoms with Crippen molar-refractivity contribution in [2.45, 2.75) is 39.7 Å². The largest absolute Gasteiger partial charge is 0.370 e. The molecule has 102 valence electrons. The molecule has 18 heavy (non-hydrogen) atoms. The number of nitrogens with one attached hydrogen (secondary N) is 1. The van der Waals surface area contributed by atoms with Gasteiger partial charge >= 0.3 is 0 Å². The molecule has 0 atom stereocenters. The van der Waals surface area contributed by atoms with Gasteiger partial charge in [-0.1, -0.05) is 29.8 Å². The molecule has 0 aliphatic carbocycles. The molecule has 0 aliphatic rings. The van der Waals surface area contributed by atoms with Gasteiger partial charge in [0.2, 0.25) is 0 Å². The third-order valence-electron chi connectivity index (χ3n) is 2.27. The number of rotatable bonds is 3. The Kier molecular flexibility index (Phi) is 7.28. The summed E-state index contributed by atoms with van der Waals surface area (Å²) in [5.74, 6) is 0.519. The van der Waals surface area contributed by atoms with Crippen LogP contribution in [0.4, 0.5) is 0 Å². The van der Waals surface area contributed by atoms with Gasteiger partial charge < -0.3 is 11.1 Å². The Morgan fingerprint density at radius 3 is 2.56 bits per heavy atom. The van der Waals surface area contributed by atoms with Crippen molar-refractivity contribution >= 4 is 29.9 Å². The Bertz CT molecular complexity index is 394. The monoisotopic (exact) mass is 361 g/mol. The van der Waals surface area contributed by atoms with Gasteiger partial charge in [0.15, 0.2) is 5.96 Å². The minimum Gasteiger partial charge on any atom is -0.370 e. The molecule has 0 radical (unpaired) electrons. The zero-order chi connectivity index (χ0) is 12.9. The molecule has 0 heterocycles. The lowest BCUT2D eigenvalue weighted by Crippen LogP contribution is -2.45. The van der Waals surface area contributed by atoms with E-state index in [4.69, 9.17) is 5.73 Å². The maximum absolute atomic E-state index is 5.79. The molecule has 0 spiro atoms. The van der Waals surface area contributed by atoms with Gasteiger partial charge in [0, 0.05) is 12.1 Å². The van der Waals surface area contributed by atoms with Crippen LogP contribution in [-0.4, -0.2) is 18.0 Å². The predicted molar refractivity (Wildman–Crippen MR) is 89.7 cm³/mol. The SMILES string of the molecule is Cc1cccc(CCN=C(N)NC(C)(C)C)c1.I. The third-order valence-corrected chi connectivity index (χ3v) is 2.27. The van der Waals surface area contributed by atoms with Crippen LogP contribution < -0.4 is 11.1 Å². The summed E-state index contributed by atoms with van der Waals surface area (Å²) in [6, 6.07) is 8.48. The highest BCUT2D eigenvalue weighted by atomic mass is 127. The number of benzene rings is 1. The van der Waals surface area contributed by atoms with Crippen molar-refractivity contribution in [3.63, 3.8) is 0 Å². The zero-order valence-corrected chi connectivity index (χ0v) is 14.0. The number of aliphatic imine (C=N–C) groups is 1. The fourth-order valence-electron chi connectivity index (χ4n) is 1.60. The van der Waals surface area contributed by atoms with Crippen LogP contribution in [0.1, 0.15) is 31.9 Å². The Hall–Kier alpha value is -0.780. The maximum atomic E-state index is 5.79. The fourth-order valence-corrected chi connectivity index (χ4v) is 1.60. The molecule has 3 nitrogen and oxygen atoms in total. The fraction of sp³-hybridized carbons (Fsp3) is 0.500. The summed E-state index contributed by atoms with van der Waals surface area (Å²) in [5, 5.41) is 3.14. The molecule has 1 aromatic rings. The topological polar surface area (TPSA) is 50.4 Å². The molecule has 4 heteroatoms. The van der Waals surface area contributed by atoms with Gasteiger partial charge in [-0.2, -0.15) is 0 Å². The lowest BCUT2D eigenvalue weighted by molar-refractivity contribution is 0.508. The molecular formula is C14H24IN3. The van der Waals surface area contributed by atoms with E-state index in [1.54, 1.807) is 0 Å². The number of hydrogen-bond acceptors (Lipinski definition) is 1. The summed E-state index contributed by atoms with van der Waals surface area (Å²) in [7, 11) is 0. The van der Waals surface area contributed by atoms with Crippen molar-refractivity contribution in [1.82, 2.24) is 5.32 Å². The second-order valence-electron chi connectivity index (χ2n) is 5.38. The van der Waals surface area contributed by atoms with Crippen LogP contribution in [0.15, 0.2) is 29.3 Å². The smallest absolute Gasteiger partial charge is 0.188 e. The summed E-state index contributed by atoms with van der Waals surface area (Å²) in [6.45, 7) is 9.02. The first-order chi connectivity index (χ1) is 7.87. The van der Waals surface area contributed by atoms with Crippen LogP contribution in [0.2, 0.25) is 0 Å². The van der Waals surface area contributed by atoms with E-state index in [-0.39, 0.29) is 29.5 Å². The van der Waals surface area contributed by atoms with E-state index in [1.165, 1.54) is 11.1 Å². The van der Waals surface area contributed by atoms with Crippen LogP contribution >= 0.6 is 24.0 Å². The van der Waals surface area contributed by atoms with Crippen molar-refractivity contribution in [2.24, 2.45) is 10.7 Å². The average molecular weight is 361 g/mol. The normalized spacial score (nSPS) is 11.9. The van der Waals surface area contributed by atoms with E-state index in [0.29, 0.717) is 5.96 Å². The number of aryl methyl sites for hydroxylation is 1. The quantitative estimate of drug-likeness (QED) is 0.494. The van der Waals surface area contributed by atoms with E-state index in [2.05, 4.69) is 62.3 Å². The van der Waals surface area contributed by atoms with Crippen LogP contribution in [0, 0.1) is 6.92 Å². The second-order valence-corrected chi connectivity index (χ2v) is 5.38. The molecule has 0 bridgehead atoms.